The summed E-state index contributed by atoms with van der Waals surface area (Å²) in [7, 11) is 0. The molecule has 0 saturated heterocycles. The molecule has 2 N–H and O–H groups in total. The van der Waals surface area contributed by atoms with Crippen LogP contribution < -0.4 is 5.73 Å². The summed E-state index contributed by atoms with van der Waals surface area (Å²) in [5.41, 5.74) is 5.95. The molecule has 2 nitrogen and oxygen atoms in total. The summed E-state index contributed by atoms with van der Waals surface area (Å²) in [6.07, 6.45) is 0. The van der Waals surface area contributed by atoms with E-state index in [1.165, 1.54) is 0 Å². The average molecular weight is 201 g/mol. The number of rotatable bonds is 6. The Balaban J connectivity index is 3.74. The summed E-state index contributed by atoms with van der Waals surface area (Å²) in [5, 5.41) is 0. The van der Waals surface area contributed by atoms with E-state index < -0.39 is 0 Å². The second-order valence-corrected chi connectivity index (χ2v) is 5.51. The SMILES string of the molecule is CC(C)C(C)COCC(C)(C)C(C)N. The molecule has 0 amide bonds. The van der Waals surface area contributed by atoms with Gasteiger partial charge in [-0.05, 0) is 18.8 Å². The van der Waals surface area contributed by atoms with Crippen LogP contribution in [0.2, 0.25) is 0 Å². The molecule has 0 aromatic carbocycles. The Morgan fingerprint density at radius 3 is 2.00 bits per heavy atom. The Morgan fingerprint density at radius 2 is 1.64 bits per heavy atom. The summed E-state index contributed by atoms with van der Waals surface area (Å²) in [5.74, 6) is 1.31. The van der Waals surface area contributed by atoms with Gasteiger partial charge in [0.2, 0.25) is 0 Å². The van der Waals surface area contributed by atoms with Gasteiger partial charge in [0, 0.05) is 18.1 Å². The standard InChI is InChI=1S/C12H27NO/c1-9(2)10(3)7-14-8-12(5,6)11(4)13/h9-11H,7-8,13H2,1-6H3. The fourth-order valence-electron chi connectivity index (χ4n) is 0.832. The van der Waals surface area contributed by atoms with Crippen molar-refractivity contribution in [2.45, 2.75) is 47.6 Å². The second-order valence-electron chi connectivity index (χ2n) is 5.51. The normalized spacial score (nSPS) is 17.1. The minimum Gasteiger partial charge on any atom is -0.381 e. The van der Waals surface area contributed by atoms with E-state index in [1.807, 2.05) is 6.92 Å². The molecule has 0 fully saturated rings. The van der Waals surface area contributed by atoms with Crippen LogP contribution in [0.4, 0.5) is 0 Å². The molecule has 86 valence electrons. The summed E-state index contributed by atoms with van der Waals surface area (Å²) < 4.78 is 5.70. The van der Waals surface area contributed by atoms with Crippen LogP contribution in [0.15, 0.2) is 0 Å². The van der Waals surface area contributed by atoms with Gasteiger partial charge in [0.05, 0.1) is 6.61 Å². The van der Waals surface area contributed by atoms with Crippen LogP contribution >= 0.6 is 0 Å². The Hall–Kier alpha value is -0.0800. The van der Waals surface area contributed by atoms with Crippen LogP contribution in [0, 0.1) is 17.3 Å². The van der Waals surface area contributed by atoms with Gasteiger partial charge in [0.15, 0.2) is 0 Å². The lowest BCUT2D eigenvalue weighted by Crippen LogP contribution is -2.38. The van der Waals surface area contributed by atoms with Gasteiger partial charge in [-0.2, -0.15) is 0 Å². The molecule has 2 atom stereocenters. The van der Waals surface area contributed by atoms with E-state index in [9.17, 15) is 0 Å². The molecule has 0 aromatic rings. The minimum absolute atomic E-state index is 0.0801. The molecule has 0 aromatic heterocycles. The molecule has 0 aliphatic rings. The molecule has 14 heavy (non-hydrogen) atoms. The molecule has 0 rings (SSSR count). The van der Waals surface area contributed by atoms with Gasteiger partial charge in [0.1, 0.15) is 0 Å². The second kappa shape index (κ2) is 5.72. The van der Waals surface area contributed by atoms with Gasteiger partial charge in [0.25, 0.3) is 0 Å². The lowest BCUT2D eigenvalue weighted by atomic mass is 9.87. The Kier molecular flexibility index (Phi) is 5.68. The van der Waals surface area contributed by atoms with Gasteiger partial charge in [-0.15, -0.1) is 0 Å². The highest BCUT2D eigenvalue weighted by atomic mass is 16.5. The van der Waals surface area contributed by atoms with Crippen molar-refractivity contribution < 1.29 is 4.74 Å². The first kappa shape index (κ1) is 13.9. The van der Waals surface area contributed by atoms with Gasteiger partial charge < -0.3 is 10.5 Å². The van der Waals surface area contributed by atoms with Gasteiger partial charge in [-0.3, -0.25) is 0 Å². The molecule has 2 unspecified atom stereocenters. The lowest BCUT2D eigenvalue weighted by Gasteiger charge is -2.29. The molecule has 0 spiro atoms. The van der Waals surface area contributed by atoms with Crippen molar-refractivity contribution in [3.63, 3.8) is 0 Å². The van der Waals surface area contributed by atoms with E-state index in [0.29, 0.717) is 11.8 Å². The van der Waals surface area contributed by atoms with Gasteiger partial charge in [-0.1, -0.05) is 34.6 Å². The highest BCUT2D eigenvalue weighted by molar-refractivity contribution is 4.77. The summed E-state index contributed by atoms with van der Waals surface area (Å²) in [4.78, 5) is 0. The Bertz CT molecular complexity index is 152. The zero-order chi connectivity index (χ0) is 11.4. The first-order valence-corrected chi connectivity index (χ1v) is 5.60. The van der Waals surface area contributed by atoms with Gasteiger partial charge >= 0.3 is 0 Å². The molecule has 0 saturated carbocycles. The Morgan fingerprint density at radius 1 is 1.14 bits per heavy atom. The zero-order valence-electron chi connectivity index (χ0n) is 10.6. The van der Waals surface area contributed by atoms with E-state index >= 15 is 0 Å². The summed E-state index contributed by atoms with van der Waals surface area (Å²) in [6.45, 7) is 14.6. The fourth-order valence-corrected chi connectivity index (χ4v) is 0.832. The van der Waals surface area contributed by atoms with Crippen molar-refractivity contribution in [2.75, 3.05) is 13.2 Å². The molecular formula is C12H27NO. The van der Waals surface area contributed by atoms with Crippen molar-refractivity contribution >= 4 is 0 Å². The highest BCUT2D eigenvalue weighted by Crippen LogP contribution is 2.20. The van der Waals surface area contributed by atoms with E-state index in [0.717, 1.165) is 13.2 Å². The summed E-state index contributed by atoms with van der Waals surface area (Å²) in [6, 6.07) is 0.178. The van der Waals surface area contributed by atoms with Crippen molar-refractivity contribution in [1.82, 2.24) is 0 Å². The van der Waals surface area contributed by atoms with Crippen LogP contribution in [-0.2, 0) is 4.74 Å². The molecule has 0 aliphatic carbocycles. The Labute approximate surface area is 89.2 Å². The molecule has 0 aliphatic heterocycles. The third kappa shape index (κ3) is 4.97. The van der Waals surface area contributed by atoms with Crippen molar-refractivity contribution in [1.29, 1.82) is 0 Å². The molecule has 2 heteroatoms. The maximum atomic E-state index is 5.87. The first-order valence-electron chi connectivity index (χ1n) is 5.60. The molecular weight excluding hydrogens is 174 g/mol. The third-order valence-corrected chi connectivity index (χ3v) is 3.23. The number of hydrogen-bond donors (Lipinski definition) is 1. The van der Waals surface area contributed by atoms with Crippen molar-refractivity contribution in [3.8, 4) is 0 Å². The molecule has 0 radical (unpaired) electrons. The summed E-state index contributed by atoms with van der Waals surface area (Å²) >= 11 is 0. The first-order chi connectivity index (χ1) is 6.27. The van der Waals surface area contributed by atoms with E-state index in [2.05, 4.69) is 34.6 Å². The topological polar surface area (TPSA) is 35.2 Å². The smallest absolute Gasteiger partial charge is 0.0531 e. The van der Waals surface area contributed by atoms with E-state index in [-0.39, 0.29) is 11.5 Å². The molecule has 0 heterocycles. The van der Waals surface area contributed by atoms with Crippen molar-refractivity contribution in [2.24, 2.45) is 23.0 Å². The van der Waals surface area contributed by atoms with E-state index in [4.69, 9.17) is 10.5 Å². The predicted octanol–water partition coefficient (Wildman–Crippen LogP) is 2.67. The van der Waals surface area contributed by atoms with E-state index in [1.54, 1.807) is 0 Å². The lowest BCUT2D eigenvalue weighted by molar-refractivity contribution is 0.0264. The minimum atomic E-state index is 0.0801. The maximum Gasteiger partial charge on any atom is 0.0531 e. The average Bonchev–Trinajstić information content (AvgIpc) is 2.03. The van der Waals surface area contributed by atoms with Crippen LogP contribution in [0.5, 0.6) is 0 Å². The largest absolute Gasteiger partial charge is 0.381 e. The zero-order valence-corrected chi connectivity index (χ0v) is 10.6. The van der Waals surface area contributed by atoms with Crippen LogP contribution in [-0.4, -0.2) is 19.3 Å². The monoisotopic (exact) mass is 201 g/mol. The number of hydrogen-bond acceptors (Lipinski definition) is 2. The third-order valence-electron chi connectivity index (χ3n) is 3.23. The maximum absolute atomic E-state index is 5.87. The quantitative estimate of drug-likeness (QED) is 0.717. The predicted molar refractivity (Wildman–Crippen MR) is 62.3 cm³/mol. The van der Waals surface area contributed by atoms with Crippen LogP contribution in [0.3, 0.4) is 0 Å². The van der Waals surface area contributed by atoms with Crippen LogP contribution in [0.25, 0.3) is 0 Å². The van der Waals surface area contributed by atoms with Gasteiger partial charge in [-0.25, -0.2) is 0 Å². The fraction of sp³-hybridized carbons (Fsp3) is 1.00. The number of nitrogens with two attached hydrogens (primary N) is 1. The number of ether oxygens (including phenoxy) is 1. The molecule has 0 bridgehead atoms. The highest BCUT2D eigenvalue weighted by Gasteiger charge is 2.23. The van der Waals surface area contributed by atoms with Crippen LogP contribution in [0.1, 0.15) is 41.5 Å². The van der Waals surface area contributed by atoms with Crippen molar-refractivity contribution in [3.05, 3.63) is 0 Å².